The number of hydrogen-bond acceptors (Lipinski definition) is 1. The van der Waals surface area contributed by atoms with Gasteiger partial charge in [-0.2, -0.15) is 0 Å². The molecule has 0 unspecified atom stereocenters. The molecular formula is C9H8ClN2O. The van der Waals surface area contributed by atoms with Crippen LogP contribution >= 0.6 is 11.6 Å². The van der Waals surface area contributed by atoms with Gasteiger partial charge in [-0.05, 0) is 18.2 Å². The highest BCUT2D eigenvalue weighted by atomic mass is 35.5. The molecule has 0 fully saturated rings. The molecule has 0 spiro atoms. The summed E-state index contributed by atoms with van der Waals surface area (Å²) in [6, 6.07) is 5.46. The van der Waals surface area contributed by atoms with Gasteiger partial charge in [-0.3, -0.25) is 0 Å². The summed E-state index contributed by atoms with van der Waals surface area (Å²) < 4.78 is 1.83. The van der Waals surface area contributed by atoms with E-state index in [2.05, 4.69) is 4.98 Å². The second kappa shape index (κ2) is 3.36. The van der Waals surface area contributed by atoms with Crippen LogP contribution in [0.3, 0.4) is 0 Å². The Bertz CT molecular complexity index is 424. The number of aromatic nitrogens is 2. The highest BCUT2D eigenvalue weighted by Crippen LogP contribution is 2.17. The van der Waals surface area contributed by atoms with E-state index < -0.39 is 0 Å². The maximum atomic E-state index is 10.4. The fraction of sp³-hybridized carbons (Fsp3) is 0.222. The van der Waals surface area contributed by atoms with E-state index in [-0.39, 0.29) is 6.61 Å². The van der Waals surface area contributed by atoms with Gasteiger partial charge in [-0.25, -0.2) is 10.1 Å². The molecule has 13 heavy (non-hydrogen) atoms. The minimum absolute atomic E-state index is 0.131. The lowest BCUT2D eigenvalue weighted by Gasteiger charge is -1.98. The smallest absolute Gasteiger partial charge is 0.100 e. The van der Waals surface area contributed by atoms with Crippen molar-refractivity contribution in [1.82, 2.24) is 9.55 Å². The van der Waals surface area contributed by atoms with Crippen molar-refractivity contribution in [2.24, 2.45) is 0 Å². The Labute approximate surface area is 80.6 Å². The third kappa shape index (κ3) is 1.53. The van der Waals surface area contributed by atoms with E-state index in [9.17, 15) is 5.11 Å². The molecule has 0 atom stereocenters. The van der Waals surface area contributed by atoms with Gasteiger partial charge in [-0.15, -0.1) is 0 Å². The number of hydrogen-bond donors (Lipinski definition) is 0. The van der Waals surface area contributed by atoms with Gasteiger partial charge in [-0.1, -0.05) is 11.6 Å². The molecule has 0 amide bonds. The van der Waals surface area contributed by atoms with Crippen molar-refractivity contribution in [3.05, 3.63) is 29.5 Å². The molecule has 0 bridgehead atoms. The van der Waals surface area contributed by atoms with Crippen LogP contribution in [0.15, 0.2) is 24.5 Å². The average molecular weight is 196 g/mol. The summed E-state index contributed by atoms with van der Waals surface area (Å²) in [5.41, 5.74) is 1.79. The lowest BCUT2D eigenvalue weighted by molar-refractivity contribution is 0.182. The summed E-state index contributed by atoms with van der Waals surface area (Å²) in [6.45, 7) is 0.326. The third-order valence-corrected chi connectivity index (χ3v) is 2.15. The fourth-order valence-electron chi connectivity index (χ4n) is 1.31. The van der Waals surface area contributed by atoms with Crippen molar-refractivity contribution in [2.75, 3.05) is 6.61 Å². The van der Waals surface area contributed by atoms with Gasteiger partial charge in [0.25, 0.3) is 0 Å². The first-order valence-corrected chi connectivity index (χ1v) is 4.37. The Morgan fingerprint density at radius 2 is 2.31 bits per heavy atom. The maximum Gasteiger partial charge on any atom is 0.100 e. The second-order valence-corrected chi connectivity index (χ2v) is 3.21. The summed E-state index contributed by atoms with van der Waals surface area (Å²) in [5.74, 6) is 0. The lowest BCUT2D eigenvalue weighted by atomic mass is 10.3. The number of fused-ring (bicyclic) bond motifs is 1. The molecule has 0 saturated heterocycles. The van der Waals surface area contributed by atoms with Crippen LogP contribution in [0, 0.1) is 0 Å². The van der Waals surface area contributed by atoms with Crippen molar-refractivity contribution in [2.45, 2.75) is 6.54 Å². The zero-order valence-corrected chi connectivity index (χ0v) is 7.66. The number of rotatable bonds is 2. The summed E-state index contributed by atoms with van der Waals surface area (Å²) in [5, 5.41) is 11.1. The predicted octanol–water partition coefficient (Wildman–Crippen LogP) is 2.12. The van der Waals surface area contributed by atoms with Crippen molar-refractivity contribution >= 4 is 22.6 Å². The second-order valence-electron chi connectivity index (χ2n) is 2.78. The molecular weight excluding hydrogens is 188 g/mol. The molecule has 67 valence electrons. The van der Waals surface area contributed by atoms with Crippen LogP contribution in [0.2, 0.25) is 5.02 Å². The summed E-state index contributed by atoms with van der Waals surface area (Å²) >= 11 is 5.79. The molecule has 1 heterocycles. The van der Waals surface area contributed by atoms with Crippen molar-refractivity contribution in [3.63, 3.8) is 0 Å². The van der Waals surface area contributed by atoms with Crippen LogP contribution in [0.4, 0.5) is 0 Å². The van der Waals surface area contributed by atoms with Crippen LogP contribution < -0.4 is 0 Å². The summed E-state index contributed by atoms with van der Waals surface area (Å²) in [7, 11) is 0. The highest BCUT2D eigenvalue weighted by Gasteiger charge is 2.01. The Hall–Kier alpha value is -1.06. The normalized spacial score (nSPS) is 10.9. The van der Waals surface area contributed by atoms with E-state index in [1.165, 1.54) is 0 Å². The monoisotopic (exact) mass is 195 g/mol. The van der Waals surface area contributed by atoms with Crippen molar-refractivity contribution < 1.29 is 5.11 Å². The molecule has 1 aromatic carbocycles. The number of imidazole rings is 1. The number of nitrogens with zero attached hydrogens (tertiary/aromatic N) is 2. The molecule has 2 rings (SSSR count). The van der Waals surface area contributed by atoms with Gasteiger partial charge in [0.1, 0.15) is 6.61 Å². The maximum absolute atomic E-state index is 10.4. The quantitative estimate of drug-likeness (QED) is 0.723. The molecule has 4 heteroatoms. The SMILES string of the molecule is [O]CCn1cnc2cc(Cl)ccc21. The van der Waals surface area contributed by atoms with Gasteiger partial charge in [0.05, 0.1) is 23.9 Å². The highest BCUT2D eigenvalue weighted by molar-refractivity contribution is 6.31. The van der Waals surface area contributed by atoms with Crippen LogP contribution in [0.1, 0.15) is 0 Å². The zero-order chi connectivity index (χ0) is 9.26. The lowest BCUT2D eigenvalue weighted by Crippen LogP contribution is -1.98. The van der Waals surface area contributed by atoms with Gasteiger partial charge in [0.15, 0.2) is 0 Å². The zero-order valence-electron chi connectivity index (χ0n) is 6.90. The van der Waals surface area contributed by atoms with E-state index in [1.54, 1.807) is 18.5 Å². The topological polar surface area (TPSA) is 37.7 Å². The molecule has 0 N–H and O–H groups in total. The third-order valence-electron chi connectivity index (χ3n) is 1.92. The van der Waals surface area contributed by atoms with Gasteiger partial charge < -0.3 is 4.57 Å². The van der Waals surface area contributed by atoms with Gasteiger partial charge in [0.2, 0.25) is 0 Å². The Morgan fingerprint density at radius 3 is 3.08 bits per heavy atom. The fourth-order valence-corrected chi connectivity index (χ4v) is 1.48. The van der Waals surface area contributed by atoms with Crippen molar-refractivity contribution in [3.8, 4) is 0 Å². The first-order valence-electron chi connectivity index (χ1n) is 4.00. The molecule has 0 aliphatic carbocycles. The first kappa shape index (κ1) is 8.53. The molecule has 1 aromatic heterocycles. The predicted molar refractivity (Wildman–Crippen MR) is 50.3 cm³/mol. The Morgan fingerprint density at radius 1 is 1.46 bits per heavy atom. The molecule has 1 radical (unpaired) electrons. The van der Waals surface area contributed by atoms with Crippen LogP contribution in [-0.4, -0.2) is 16.2 Å². The van der Waals surface area contributed by atoms with E-state index >= 15 is 0 Å². The molecule has 0 aliphatic rings. The Balaban J connectivity index is 2.55. The van der Waals surface area contributed by atoms with E-state index in [4.69, 9.17) is 11.6 Å². The summed E-state index contributed by atoms with van der Waals surface area (Å²) in [6.07, 6.45) is 1.67. The molecule has 2 aromatic rings. The molecule has 3 nitrogen and oxygen atoms in total. The number of halogens is 1. The minimum Gasteiger partial charge on any atom is -0.328 e. The standard InChI is InChI=1S/C9H8ClN2O/c10-7-1-2-9-8(5-7)11-6-12(9)3-4-13/h1-2,5-6H,3-4H2. The summed E-state index contributed by atoms with van der Waals surface area (Å²) in [4.78, 5) is 4.14. The van der Waals surface area contributed by atoms with Crippen LogP contribution in [0.5, 0.6) is 0 Å². The number of benzene rings is 1. The largest absolute Gasteiger partial charge is 0.328 e. The van der Waals surface area contributed by atoms with Crippen LogP contribution in [-0.2, 0) is 11.7 Å². The minimum atomic E-state index is -0.131. The van der Waals surface area contributed by atoms with Crippen LogP contribution in [0.25, 0.3) is 11.0 Å². The molecule has 0 aliphatic heterocycles. The first-order chi connectivity index (χ1) is 6.31. The van der Waals surface area contributed by atoms with E-state index in [1.807, 2.05) is 10.6 Å². The van der Waals surface area contributed by atoms with Crippen molar-refractivity contribution in [1.29, 1.82) is 0 Å². The van der Waals surface area contributed by atoms with Gasteiger partial charge in [0, 0.05) is 5.02 Å². The van der Waals surface area contributed by atoms with Gasteiger partial charge >= 0.3 is 0 Å². The van der Waals surface area contributed by atoms with E-state index in [0.29, 0.717) is 11.6 Å². The average Bonchev–Trinajstić information content (AvgIpc) is 2.49. The van der Waals surface area contributed by atoms with E-state index in [0.717, 1.165) is 11.0 Å². The Kier molecular flexibility index (Phi) is 2.20. The molecule has 0 saturated carbocycles.